The van der Waals surface area contributed by atoms with Crippen LogP contribution >= 0.6 is 0 Å². The van der Waals surface area contributed by atoms with E-state index in [1.807, 2.05) is 18.0 Å². The normalized spacial score (nSPS) is 14.2. The van der Waals surface area contributed by atoms with Crippen LogP contribution in [0.15, 0.2) is 18.5 Å². The number of anilines is 2. The minimum atomic E-state index is -1.60. The maximum Gasteiger partial charge on any atom is 0.490 e. The van der Waals surface area contributed by atoms with E-state index in [1.54, 1.807) is 6.07 Å². The molecule has 0 radical (unpaired) electrons. The van der Waals surface area contributed by atoms with Crippen LogP contribution in [-0.4, -0.2) is 40.7 Å². The molecule has 1 aliphatic rings. The van der Waals surface area contributed by atoms with Crippen molar-refractivity contribution in [3.63, 3.8) is 0 Å². The van der Waals surface area contributed by atoms with Gasteiger partial charge in [-0.15, -0.1) is 0 Å². The highest BCUT2D eigenvalue weighted by Gasteiger charge is 2.37. The van der Waals surface area contributed by atoms with Gasteiger partial charge in [-0.1, -0.05) is 26.0 Å². The second-order valence-electron chi connectivity index (χ2n) is 7.28. The summed E-state index contributed by atoms with van der Waals surface area (Å²) >= 11 is 0. The van der Waals surface area contributed by atoms with Crippen LogP contribution in [-0.2, 0) is 11.8 Å². The molecule has 0 aliphatic heterocycles. The summed E-state index contributed by atoms with van der Waals surface area (Å²) in [6, 6.07) is 5.68. The highest BCUT2D eigenvalue weighted by atomic mass is 16.4. The van der Waals surface area contributed by atoms with Gasteiger partial charge in [0, 0.05) is 35.9 Å². The van der Waals surface area contributed by atoms with Crippen molar-refractivity contribution in [2.75, 3.05) is 24.2 Å². The molecule has 0 spiro atoms. The number of fused-ring (bicyclic) bond motifs is 3. The summed E-state index contributed by atoms with van der Waals surface area (Å²) in [5.74, 6) is 0.469. The van der Waals surface area contributed by atoms with Crippen molar-refractivity contribution >= 4 is 24.1 Å². The van der Waals surface area contributed by atoms with E-state index in [9.17, 15) is 10.0 Å². The zero-order valence-corrected chi connectivity index (χ0v) is 15.2. The summed E-state index contributed by atoms with van der Waals surface area (Å²) in [7, 11) is 0.259. The lowest BCUT2D eigenvalue weighted by Gasteiger charge is -2.37. The van der Waals surface area contributed by atoms with Gasteiger partial charge in [-0.3, -0.25) is 0 Å². The third-order valence-corrected chi connectivity index (χ3v) is 4.96. The smallest absolute Gasteiger partial charge is 0.423 e. The van der Waals surface area contributed by atoms with E-state index >= 15 is 0 Å². The van der Waals surface area contributed by atoms with E-state index < -0.39 is 7.12 Å². The van der Waals surface area contributed by atoms with E-state index in [0.29, 0.717) is 30.7 Å². The van der Waals surface area contributed by atoms with Crippen LogP contribution in [0.5, 0.6) is 0 Å². The number of hydrogen-bond acceptors (Lipinski definition) is 7. The molecule has 8 heteroatoms. The maximum atomic E-state index is 9.87. The zero-order chi connectivity index (χ0) is 19.1. The molecule has 1 heterocycles. The summed E-state index contributed by atoms with van der Waals surface area (Å²) in [4.78, 5) is 10.5. The number of nitrogens with two attached hydrogens (primary N) is 1. The van der Waals surface area contributed by atoms with Crippen molar-refractivity contribution in [3.05, 3.63) is 29.6 Å². The predicted octanol–water partition coefficient (Wildman–Crippen LogP) is 0.589. The van der Waals surface area contributed by atoms with Crippen LogP contribution in [0.1, 0.15) is 31.4 Å². The molecule has 134 valence electrons. The second-order valence-corrected chi connectivity index (χ2v) is 7.28. The van der Waals surface area contributed by atoms with Gasteiger partial charge < -0.3 is 20.7 Å². The van der Waals surface area contributed by atoms with Crippen molar-refractivity contribution in [2.45, 2.75) is 32.1 Å². The fourth-order valence-electron chi connectivity index (χ4n) is 3.84. The molecule has 0 saturated carbocycles. The number of benzene rings is 1. The summed E-state index contributed by atoms with van der Waals surface area (Å²) in [5.41, 5.74) is 10.6. The minimum absolute atomic E-state index is 0.308. The summed E-state index contributed by atoms with van der Waals surface area (Å²) in [6.07, 6.45) is 2.45. The summed E-state index contributed by atoms with van der Waals surface area (Å²) < 4.78 is 0. The first-order chi connectivity index (χ1) is 12.3. The molecule has 26 heavy (non-hydrogen) atoms. The molecule has 1 aromatic carbocycles. The Bertz CT molecular complexity index is 892. The van der Waals surface area contributed by atoms with Crippen LogP contribution in [0, 0.1) is 11.3 Å². The number of aromatic nitrogens is 2. The minimum Gasteiger partial charge on any atom is -0.423 e. The Hall–Kier alpha value is -2.63. The summed E-state index contributed by atoms with van der Waals surface area (Å²) in [6.45, 7) is 4.65. The lowest BCUT2D eigenvalue weighted by atomic mass is 9.68. The van der Waals surface area contributed by atoms with Crippen LogP contribution in [0.2, 0.25) is 0 Å². The molecule has 0 amide bonds. The van der Waals surface area contributed by atoms with E-state index in [4.69, 9.17) is 11.0 Å². The van der Waals surface area contributed by atoms with Gasteiger partial charge in [0.1, 0.15) is 12.1 Å². The number of rotatable bonds is 4. The SMILES string of the molecule is CN(CCC#N)c1c(B(O)O)ccc2c1CC(C)(C)c1c(N)ncnc1-2. The molecular formula is C18H22BN5O2. The number of hydrogen-bond donors (Lipinski definition) is 3. The van der Waals surface area contributed by atoms with E-state index in [1.165, 1.54) is 6.33 Å². The van der Waals surface area contributed by atoms with Gasteiger partial charge in [-0.05, 0) is 17.4 Å². The Labute approximate surface area is 153 Å². The maximum absolute atomic E-state index is 9.87. The van der Waals surface area contributed by atoms with E-state index in [0.717, 1.165) is 28.1 Å². The van der Waals surface area contributed by atoms with Gasteiger partial charge in [-0.25, -0.2) is 9.97 Å². The van der Waals surface area contributed by atoms with Gasteiger partial charge in [0.25, 0.3) is 0 Å². The quantitative estimate of drug-likeness (QED) is 0.690. The lowest BCUT2D eigenvalue weighted by Crippen LogP contribution is -2.39. The first-order valence-electron chi connectivity index (χ1n) is 8.49. The summed E-state index contributed by atoms with van der Waals surface area (Å²) in [5, 5.41) is 28.7. The molecule has 1 aliphatic carbocycles. The number of nitriles is 1. The van der Waals surface area contributed by atoms with Gasteiger partial charge in [0.2, 0.25) is 0 Å². The molecule has 4 N–H and O–H groups in total. The fraction of sp³-hybridized carbons (Fsp3) is 0.389. The third kappa shape index (κ3) is 2.89. The molecule has 0 atom stereocenters. The average Bonchev–Trinajstić information content (AvgIpc) is 2.57. The largest absolute Gasteiger partial charge is 0.490 e. The van der Waals surface area contributed by atoms with Crippen LogP contribution < -0.4 is 16.1 Å². The Morgan fingerprint density at radius 1 is 1.35 bits per heavy atom. The third-order valence-electron chi connectivity index (χ3n) is 4.96. The fourth-order valence-corrected chi connectivity index (χ4v) is 3.84. The molecule has 0 fully saturated rings. The second kappa shape index (κ2) is 6.59. The van der Waals surface area contributed by atoms with Crippen molar-refractivity contribution in [2.24, 2.45) is 0 Å². The van der Waals surface area contributed by atoms with Crippen molar-refractivity contribution in [1.29, 1.82) is 5.26 Å². The molecule has 7 nitrogen and oxygen atoms in total. The molecule has 3 rings (SSSR count). The Morgan fingerprint density at radius 2 is 2.08 bits per heavy atom. The molecule has 1 aromatic heterocycles. The first-order valence-corrected chi connectivity index (χ1v) is 8.49. The van der Waals surface area contributed by atoms with E-state index in [-0.39, 0.29) is 5.41 Å². The van der Waals surface area contributed by atoms with Crippen molar-refractivity contribution in [1.82, 2.24) is 9.97 Å². The standard InChI is InChI=1S/C18H22BN5O2/c1-18(2)9-12-11(15-14(18)17(21)23-10-22-15)5-6-13(19(25)26)16(12)24(3)8-4-7-20/h5-6,10,25-26H,4,8-9H2,1-3H3,(H2,21,22,23). The van der Waals surface area contributed by atoms with Gasteiger partial charge >= 0.3 is 7.12 Å². The Kier molecular flexibility index (Phi) is 4.61. The number of nitrogens with zero attached hydrogens (tertiary/aromatic N) is 4. The van der Waals surface area contributed by atoms with Crippen LogP contribution in [0.4, 0.5) is 11.5 Å². The van der Waals surface area contributed by atoms with E-state index in [2.05, 4.69) is 29.9 Å². The predicted molar refractivity (Wildman–Crippen MR) is 102 cm³/mol. The van der Waals surface area contributed by atoms with Gasteiger partial charge in [-0.2, -0.15) is 5.26 Å². The average molecular weight is 351 g/mol. The Balaban J connectivity index is 2.28. The number of nitrogen functional groups attached to an aromatic ring is 1. The lowest BCUT2D eigenvalue weighted by molar-refractivity contribution is 0.425. The molecule has 2 aromatic rings. The zero-order valence-electron chi connectivity index (χ0n) is 15.2. The van der Waals surface area contributed by atoms with Gasteiger partial charge in [0.05, 0.1) is 18.2 Å². The van der Waals surface area contributed by atoms with Gasteiger partial charge in [0.15, 0.2) is 0 Å². The highest BCUT2D eigenvalue weighted by Crippen LogP contribution is 2.46. The van der Waals surface area contributed by atoms with Crippen molar-refractivity contribution in [3.8, 4) is 17.3 Å². The molecule has 0 bridgehead atoms. The van der Waals surface area contributed by atoms with Crippen LogP contribution in [0.3, 0.4) is 0 Å². The Morgan fingerprint density at radius 3 is 2.73 bits per heavy atom. The van der Waals surface area contributed by atoms with Crippen molar-refractivity contribution < 1.29 is 10.0 Å². The monoisotopic (exact) mass is 351 g/mol. The highest BCUT2D eigenvalue weighted by molar-refractivity contribution is 6.60. The molecule has 0 unspecified atom stereocenters. The molecular weight excluding hydrogens is 329 g/mol. The van der Waals surface area contributed by atoms with Crippen LogP contribution in [0.25, 0.3) is 11.3 Å². The topological polar surface area (TPSA) is 119 Å². The first kappa shape index (κ1) is 18.2. The molecule has 0 saturated heterocycles.